The van der Waals surface area contributed by atoms with Gasteiger partial charge in [-0.05, 0) is 37.0 Å². The van der Waals surface area contributed by atoms with E-state index in [9.17, 15) is 9.59 Å². The van der Waals surface area contributed by atoms with Gasteiger partial charge in [0.25, 0.3) is 0 Å². The summed E-state index contributed by atoms with van der Waals surface area (Å²) in [5.74, 6) is -1.05. The largest absolute Gasteiger partial charge is 0.478 e. The molecule has 0 spiro atoms. The molecule has 0 fully saturated rings. The first-order valence-electron chi connectivity index (χ1n) is 7.85. The summed E-state index contributed by atoms with van der Waals surface area (Å²) in [5.41, 5.74) is 2.18. The van der Waals surface area contributed by atoms with E-state index in [0.717, 1.165) is 6.42 Å². The zero-order valence-electron chi connectivity index (χ0n) is 14.5. The zero-order valence-corrected chi connectivity index (χ0v) is 14.5. The van der Waals surface area contributed by atoms with Crippen molar-refractivity contribution in [2.45, 2.75) is 40.5 Å². The number of carboxylic acid groups (broad SMARTS) is 1. The molecule has 0 saturated carbocycles. The Morgan fingerprint density at radius 2 is 2.00 bits per heavy atom. The van der Waals surface area contributed by atoms with Crippen molar-refractivity contribution >= 4 is 17.6 Å². The van der Waals surface area contributed by atoms with E-state index >= 15 is 0 Å². The van der Waals surface area contributed by atoms with Crippen LogP contribution in [0.4, 0.5) is 5.69 Å². The molecule has 0 unspecified atom stereocenters. The Labute approximate surface area is 141 Å². The molecule has 6 nitrogen and oxygen atoms in total. The minimum Gasteiger partial charge on any atom is -0.478 e. The molecule has 0 aliphatic rings. The van der Waals surface area contributed by atoms with Crippen molar-refractivity contribution in [3.63, 3.8) is 0 Å². The Morgan fingerprint density at radius 3 is 2.58 bits per heavy atom. The van der Waals surface area contributed by atoms with Gasteiger partial charge >= 0.3 is 5.97 Å². The molecule has 2 rings (SSSR count). The highest BCUT2D eigenvalue weighted by Crippen LogP contribution is 2.22. The number of hydrogen-bond acceptors (Lipinski definition) is 3. The second-order valence-corrected chi connectivity index (χ2v) is 7.02. The Hall–Kier alpha value is -2.63. The highest BCUT2D eigenvalue weighted by molar-refractivity contribution is 5.91. The van der Waals surface area contributed by atoms with Gasteiger partial charge < -0.3 is 10.4 Å². The lowest BCUT2D eigenvalue weighted by atomic mass is 9.90. The molecular formula is C18H23N3O3. The maximum atomic E-state index is 12.1. The first-order valence-corrected chi connectivity index (χ1v) is 7.85. The average Bonchev–Trinajstić information content (AvgIpc) is 2.87. The predicted molar refractivity (Wildman–Crippen MR) is 92.6 cm³/mol. The van der Waals surface area contributed by atoms with Crippen LogP contribution in [-0.2, 0) is 4.79 Å². The third-order valence-corrected chi connectivity index (χ3v) is 3.72. The van der Waals surface area contributed by atoms with E-state index in [0.29, 0.717) is 23.5 Å². The van der Waals surface area contributed by atoms with Gasteiger partial charge in [0.2, 0.25) is 5.91 Å². The zero-order chi connectivity index (χ0) is 17.9. The van der Waals surface area contributed by atoms with Crippen LogP contribution in [0, 0.1) is 12.3 Å². The van der Waals surface area contributed by atoms with Crippen LogP contribution in [0.25, 0.3) is 5.69 Å². The van der Waals surface area contributed by atoms with Gasteiger partial charge in [-0.25, -0.2) is 9.48 Å². The molecule has 128 valence electrons. The molecule has 1 amide bonds. The number of benzene rings is 1. The Bertz CT molecular complexity index is 757. The van der Waals surface area contributed by atoms with Crippen molar-refractivity contribution in [1.29, 1.82) is 0 Å². The summed E-state index contributed by atoms with van der Waals surface area (Å²) in [6.45, 7) is 8.00. The summed E-state index contributed by atoms with van der Waals surface area (Å²) in [5, 5.41) is 16.1. The fraction of sp³-hybridized carbons (Fsp3) is 0.389. The number of nitrogens with zero attached hydrogens (tertiary/aromatic N) is 2. The summed E-state index contributed by atoms with van der Waals surface area (Å²) < 4.78 is 1.55. The standard InChI is InChI=1S/C18H23N3O3/c1-12-15(17(23)24)11-19-21(12)14-7-5-6-13(10-14)20-16(22)8-9-18(2,3)4/h5-7,10-11H,8-9H2,1-4H3,(H,20,22)(H,23,24). The molecular weight excluding hydrogens is 306 g/mol. The highest BCUT2D eigenvalue weighted by atomic mass is 16.4. The molecule has 2 N–H and O–H groups in total. The summed E-state index contributed by atoms with van der Waals surface area (Å²) in [6.07, 6.45) is 2.59. The topological polar surface area (TPSA) is 84.2 Å². The molecule has 1 aromatic carbocycles. The summed E-state index contributed by atoms with van der Waals surface area (Å²) in [7, 11) is 0. The van der Waals surface area contributed by atoms with Gasteiger partial charge in [-0.3, -0.25) is 4.79 Å². The second kappa shape index (κ2) is 6.86. The van der Waals surface area contributed by atoms with Gasteiger partial charge in [-0.15, -0.1) is 0 Å². The van der Waals surface area contributed by atoms with Crippen LogP contribution in [0.3, 0.4) is 0 Å². The monoisotopic (exact) mass is 329 g/mol. The number of aromatic carboxylic acids is 1. The summed E-state index contributed by atoms with van der Waals surface area (Å²) in [4.78, 5) is 23.2. The quantitative estimate of drug-likeness (QED) is 0.877. The lowest BCUT2D eigenvalue weighted by Crippen LogP contribution is -2.15. The molecule has 0 aliphatic carbocycles. The number of rotatable bonds is 5. The molecule has 2 aromatic rings. The van der Waals surface area contributed by atoms with Crippen LogP contribution >= 0.6 is 0 Å². The van der Waals surface area contributed by atoms with E-state index in [1.807, 2.05) is 6.07 Å². The molecule has 0 aliphatic heterocycles. The number of carbonyl (C=O) groups is 2. The van der Waals surface area contributed by atoms with Crippen LogP contribution in [0.5, 0.6) is 0 Å². The van der Waals surface area contributed by atoms with Gasteiger partial charge in [0.1, 0.15) is 5.56 Å². The number of nitrogens with one attached hydrogen (secondary N) is 1. The molecule has 0 radical (unpaired) electrons. The average molecular weight is 329 g/mol. The van der Waals surface area contributed by atoms with E-state index in [-0.39, 0.29) is 16.9 Å². The van der Waals surface area contributed by atoms with Crippen LogP contribution in [0.1, 0.15) is 49.7 Å². The van der Waals surface area contributed by atoms with Gasteiger partial charge in [0, 0.05) is 12.1 Å². The molecule has 0 saturated heterocycles. The van der Waals surface area contributed by atoms with E-state index < -0.39 is 5.97 Å². The van der Waals surface area contributed by atoms with Crippen LogP contribution in [0.15, 0.2) is 30.5 Å². The number of anilines is 1. The third-order valence-electron chi connectivity index (χ3n) is 3.72. The Balaban J connectivity index is 2.15. The molecule has 0 bridgehead atoms. The smallest absolute Gasteiger partial charge is 0.339 e. The van der Waals surface area contributed by atoms with E-state index in [1.165, 1.54) is 6.20 Å². The fourth-order valence-corrected chi connectivity index (χ4v) is 2.31. The SMILES string of the molecule is Cc1c(C(=O)O)cnn1-c1cccc(NC(=O)CCC(C)(C)C)c1. The van der Waals surface area contributed by atoms with Crippen LogP contribution < -0.4 is 5.32 Å². The van der Waals surface area contributed by atoms with E-state index in [4.69, 9.17) is 5.11 Å². The normalized spacial score (nSPS) is 11.3. The van der Waals surface area contributed by atoms with Gasteiger partial charge in [0.15, 0.2) is 0 Å². The Kier molecular flexibility index (Phi) is 5.07. The maximum Gasteiger partial charge on any atom is 0.339 e. The lowest BCUT2D eigenvalue weighted by molar-refractivity contribution is -0.116. The molecule has 1 aromatic heterocycles. The van der Waals surface area contributed by atoms with Gasteiger partial charge in [0.05, 0.1) is 17.6 Å². The van der Waals surface area contributed by atoms with Crippen molar-refractivity contribution in [2.24, 2.45) is 5.41 Å². The van der Waals surface area contributed by atoms with Crippen LogP contribution in [-0.4, -0.2) is 26.8 Å². The third kappa shape index (κ3) is 4.44. The molecule has 1 heterocycles. The van der Waals surface area contributed by atoms with Crippen LogP contribution in [0.2, 0.25) is 0 Å². The lowest BCUT2D eigenvalue weighted by Gasteiger charge is -2.17. The van der Waals surface area contributed by atoms with Crippen molar-refractivity contribution in [3.05, 3.63) is 41.7 Å². The first kappa shape index (κ1) is 17.7. The minimum absolute atomic E-state index is 0.0366. The minimum atomic E-state index is -1.01. The van der Waals surface area contributed by atoms with Crippen molar-refractivity contribution < 1.29 is 14.7 Å². The molecule has 0 atom stereocenters. The highest BCUT2D eigenvalue weighted by Gasteiger charge is 2.15. The number of carboxylic acids is 1. The molecule has 24 heavy (non-hydrogen) atoms. The number of carbonyl (C=O) groups excluding carboxylic acids is 1. The Morgan fingerprint density at radius 1 is 1.29 bits per heavy atom. The number of amides is 1. The number of hydrogen-bond donors (Lipinski definition) is 2. The maximum absolute atomic E-state index is 12.1. The molecule has 6 heteroatoms. The summed E-state index contributed by atoms with van der Waals surface area (Å²) >= 11 is 0. The van der Waals surface area contributed by atoms with Gasteiger partial charge in [-0.2, -0.15) is 5.10 Å². The number of aromatic nitrogens is 2. The first-order chi connectivity index (χ1) is 11.2. The van der Waals surface area contributed by atoms with Crippen molar-refractivity contribution in [1.82, 2.24) is 9.78 Å². The van der Waals surface area contributed by atoms with E-state index in [2.05, 4.69) is 31.2 Å². The van der Waals surface area contributed by atoms with E-state index in [1.54, 1.807) is 29.8 Å². The fourth-order valence-electron chi connectivity index (χ4n) is 2.31. The predicted octanol–water partition coefficient (Wildman–Crippen LogP) is 3.64. The van der Waals surface area contributed by atoms with Gasteiger partial charge in [-0.1, -0.05) is 26.8 Å². The second-order valence-electron chi connectivity index (χ2n) is 7.02. The summed E-state index contributed by atoms with van der Waals surface area (Å²) in [6, 6.07) is 7.20. The van der Waals surface area contributed by atoms with Crippen molar-refractivity contribution in [2.75, 3.05) is 5.32 Å². The van der Waals surface area contributed by atoms with Crippen molar-refractivity contribution in [3.8, 4) is 5.69 Å².